The highest BCUT2D eigenvalue weighted by molar-refractivity contribution is 5.82. The van der Waals surface area contributed by atoms with Crippen LogP contribution in [0.25, 0.3) is 10.9 Å². The Morgan fingerprint density at radius 1 is 1.16 bits per heavy atom. The zero-order chi connectivity index (χ0) is 21.6. The van der Waals surface area contributed by atoms with Crippen LogP contribution in [-0.4, -0.2) is 33.7 Å². The van der Waals surface area contributed by atoms with Crippen LogP contribution in [0.2, 0.25) is 0 Å². The minimum atomic E-state index is -0.829. The van der Waals surface area contributed by atoms with Crippen molar-refractivity contribution < 1.29 is 30.8 Å². The van der Waals surface area contributed by atoms with Gasteiger partial charge in [0.25, 0.3) is 0 Å². The zero-order valence-electron chi connectivity index (χ0n) is 17.8. The molecule has 1 aromatic heterocycles. The quantitative estimate of drug-likeness (QED) is 0.471. The van der Waals surface area contributed by atoms with E-state index < -0.39 is 17.7 Å². The van der Waals surface area contributed by atoms with Gasteiger partial charge in [0.15, 0.2) is 11.6 Å². The molecule has 5 atom stereocenters. The number of aliphatic hydroxyl groups excluding tert-OH is 1. The van der Waals surface area contributed by atoms with Crippen molar-refractivity contribution in [3.05, 3.63) is 90.1 Å². The Hall–Kier alpha value is -2.34. The first-order valence-electron chi connectivity index (χ1n) is 10.9. The summed E-state index contributed by atoms with van der Waals surface area (Å²) in [4.78, 5) is 4.44. The van der Waals surface area contributed by atoms with E-state index in [9.17, 15) is 13.9 Å². The second-order valence-electron chi connectivity index (χ2n) is 9.14. The molecule has 0 spiro atoms. The largest absolute Gasteiger partial charge is 1.00 e. The van der Waals surface area contributed by atoms with E-state index in [1.807, 2.05) is 36.4 Å². The molecule has 1 N–H and O–H groups in total. The molecular formula is C26H27ClF2N2O. The van der Waals surface area contributed by atoms with Gasteiger partial charge in [-0.1, -0.05) is 30.3 Å². The highest BCUT2D eigenvalue weighted by atomic mass is 35.5. The van der Waals surface area contributed by atoms with E-state index in [0.717, 1.165) is 48.0 Å². The standard InChI is InChI=1S/C26H27F2N2O.ClH/c1-2-18-16-30(15-17-7-8-22(27)23(28)13-17)12-10-19(18)14-25(30)26(31)21-9-11-29-24-6-4-3-5-20(21)24;/h2-9,11,13,18-19,25-26,31H,1,10,12,14-16H2;1H/q+1;/p-1/t18-,19-,25+,26-,30?;/m0./s1. The average molecular weight is 457 g/mol. The SMILES string of the molecule is C=C[C@H]1C[N+]2(Cc3ccc(F)c(F)c3)CC[C@H]1C[C@@H]2[C@@H](O)c1ccnc2ccccc12.[Cl-]. The van der Waals surface area contributed by atoms with E-state index in [4.69, 9.17) is 0 Å². The molecule has 0 amide bonds. The van der Waals surface area contributed by atoms with Crippen LogP contribution in [0.3, 0.4) is 0 Å². The van der Waals surface area contributed by atoms with Crippen LogP contribution in [0.4, 0.5) is 8.78 Å². The van der Waals surface area contributed by atoms with Crippen molar-refractivity contribution in [2.75, 3.05) is 13.1 Å². The molecular weight excluding hydrogens is 430 g/mol. The number of hydrogen-bond acceptors (Lipinski definition) is 2. The number of rotatable bonds is 5. The fourth-order valence-electron chi connectivity index (χ4n) is 5.97. The van der Waals surface area contributed by atoms with Crippen molar-refractivity contribution in [1.82, 2.24) is 4.98 Å². The molecule has 168 valence electrons. The number of aromatic nitrogens is 1. The smallest absolute Gasteiger partial charge is 0.159 e. The molecule has 6 heteroatoms. The number of piperidine rings is 3. The molecule has 2 aromatic carbocycles. The second-order valence-corrected chi connectivity index (χ2v) is 9.14. The lowest BCUT2D eigenvalue weighted by atomic mass is 9.71. The summed E-state index contributed by atoms with van der Waals surface area (Å²) in [6.07, 6.45) is 5.07. The first kappa shape index (κ1) is 22.8. The third-order valence-electron chi connectivity index (χ3n) is 7.52. The first-order chi connectivity index (χ1) is 15.0. The van der Waals surface area contributed by atoms with Crippen molar-refractivity contribution in [3.63, 3.8) is 0 Å². The lowest BCUT2D eigenvalue weighted by Gasteiger charge is -2.58. The normalized spacial score (nSPS) is 27.7. The number of quaternary nitrogens is 1. The van der Waals surface area contributed by atoms with E-state index in [2.05, 4.69) is 11.6 Å². The average Bonchev–Trinajstić information content (AvgIpc) is 2.80. The van der Waals surface area contributed by atoms with E-state index >= 15 is 0 Å². The Labute approximate surface area is 193 Å². The summed E-state index contributed by atoms with van der Waals surface area (Å²) in [7, 11) is 0. The number of aliphatic hydroxyl groups is 1. The molecule has 3 saturated heterocycles. The highest BCUT2D eigenvalue weighted by Gasteiger charge is 2.54. The molecule has 32 heavy (non-hydrogen) atoms. The van der Waals surface area contributed by atoms with Crippen LogP contribution in [0.15, 0.2) is 67.4 Å². The number of halogens is 3. The van der Waals surface area contributed by atoms with Crippen LogP contribution >= 0.6 is 0 Å². The van der Waals surface area contributed by atoms with Gasteiger partial charge in [-0.25, -0.2) is 8.78 Å². The van der Waals surface area contributed by atoms with Crippen molar-refractivity contribution >= 4 is 10.9 Å². The van der Waals surface area contributed by atoms with Crippen LogP contribution in [0.1, 0.15) is 30.1 Å². The van der Waals surface area contributed by atoms with Gasteiger partial charge < -0.3 is 22.0 Å². The molecule has 4 heterocycles. The molecule has 0 radical (unpaired) electrons. The van der Waals surface area contributed by atoms with E-state index in [0.29, 0.717) is 22.9 Å². The third kappa shape index (κ3) is 3.83. The summed E-state index contributed by atoms with van der Waals surface area (Å²) in [5.74, 6) is -0.781. The lowest BCUT2D eigenvalue weighted by molar-refractivity contribution is -0.984. The molecule has 0 saturated carbocycles. The molecule has 2 bridgehead atoms. The van der Waals surface area contributed by atoms with Gasteiger partial charge in [0.2, 0.25) is 0 Å². The summed E-state index contributed by atoms with van der Waals surface area (Å²) in [6.45, 7) is 6.39. The molecule has 3 aliphatic rings. The summed E-state index contributed by atoms with van der Waals surface area (Å²) < 4.78 is 28.1. The Balaban J connectivity index is 0.00000245. The Morgan fingerprint density at radius 2 is 1.97 bits per heavy atom. The third-order valence-corrected chi connectivity index (χ3v) is 7.52. The highest BCUT2D eigenvalue weighted by Crippen LogP contribution is 2.48. The van der Waals surface area contributed by atoms with Gasteiger partial charge >= 0.3 is 0 Å². The monoisotopic (exact) mass is 456 g/mol. The minimum Gasteiger partial charge on any atom is -1.00 e. The maximum Gasteiger partial charge on any atom is 0.159 e. The van der Waals surface area contributed by atoms with Crippen molar-refractivity contribution in [2.45, 2.75) is 31.5 Å². The maximum atomic E-state index is 14.0. The number of nitrogens with zero attached hydrogens (tertiary/aromatic N) is 2. The fraction of sp³-hybridized carbons (Fsp3) is 0.346. The van der Waals surface area contributed by atoms with Crippen molar-refractivity contribution in [3.8, 4) is 0 Å². The Kier molecular flexibility index (Phi) is 6.35. The number of benzene rings is 2. The minimum absolute atomic E-state index is 0. The van der Waals surface area contributed by atoms with E-state index in [1.54, 1.807) is 12.3 Å². The molecule has 3 aliphatic heterocycles. The van der Waals surface area contributed by atoms with Gasteiger partial charge in [-0.15, -0.1) is 6.58 Å². The predicted molar refractivity (Wildman–Crippen MR) is 117 cm³/mol. The van der Waals surface area contributed by atoms with Crippen molar-refractivity contribution in [1.29, 1.82) is 0 Å². The van der Waals surface area contributed by atoms with Crippen LogP contribution in [0, 0.1) is 23.5 Å². The molecule has 6 rings (SSSR count). The molecule has 3 fully saturated rings. The predicted octanol–water partition coefficient (Wildman–Crippen LogP) is 2.16. The van der Waals surface area contributed by atoms with Crippen LogP contribution in [0.5, 0.6) is 0 Å². The Morgan fingerprint density at radius 3 is 2.75 bits per heavy atom. The number of para-hydroxylation sites is 1. The molecule has 0 aliphatic carbocycles. The molecule has 3 nitrogen and oxygen atoms in total. The van der Waals surface area contributed by atoms with Gasteiger partial charge in [-0.2, -0.15) is 0 Å². The van der Waals surface area contributed by atoms with Crippen LogP contribution < -0.4 is 12.4 Å². The summed E-state index contributed by atoms with van der Waals surface area (Å²) >= 11 is 0. The lowest BCUT2D eigenvalue weighted by Crippen LogP contribution is -3.00. The zero-order valence-corrected chi connectivity index (χ0v) is 18.6. The molecule has 1 unspecified atom stereocenters. The fourth-order valence-corrected chi connectivity index (χ4v) is 5.97. The first-order valence-corrected chi connectivity index (χ1v) is 10.9. The van der Waals surface area contributed by atoms with Crippen LogP contribution in [-0.2, 0) is 6.54 Å². The maximum absolute atomic E-state index is 14.0. The van der Waals surface area contributed by atoms with Gasteiger partial charge in [-0.05, 0) is 35.7 Å². The van der Waals surface area contributed by atoms with E-state index in [1.165, 1.54) is 12.1 Å². The second kappa shape index (κ2) is 8.89. The Bertz CT molecular complexity index is 1130. The van der Waals surface area contributed by atoms with Gasteiger partial charge in [0.1, 0.15) is 18.7 Å². The van der Waals surface area contributed by atoms with Crippen molar-refractivity contribution in [2.24, 2.45) is 11.8 Å². The van der Waals surface area contributed by atoms with E-state index in [-0.39, 0.29) is 18.4 Å². The number of pyridine rings is 1. The summed E-state index contributed by atoms with van der Waals surface area (Å²) in [5.41, 5.74) is 2.52. The topological polar surface area (TPSA) is 33.1 Å². The summed E-state index contributed by atoms with van der Waals surface area (Å²) in [5, 5.41) is 12.6. The summed E-state index contributed by atoms with van der Waals surface area (Å²) in [6, 6.07) is 13.9. The number of hydrogen-bond donors (Lipinski definition) is 1. The molecule has 3 aromatic rings. The van der Waals surface area contributed by atoms with Gasteiger partial charge in [0.05, 0.1) is 18.6 Å². The van der Waals surface area contributed by atoms with Gasteiger partial charge in [0, 0.05) is 35.9 Å². The number of fused-ring (bicyclic) bond motifs is 4. The van der Waals surface area contributed by atoms with Gasteiger partial charge in [-0.3, -0.25) is 4.98 Å².